The fourth-order valence-corrected chi connectivity index (χ4v) is 2.16. The first-order valence-electron chi connectivity index (χ1n) is 6.59. The van der Waals surface area contributed by atoms with Crippen molar-refractivity contribution in [2.75, 3.05) is 6.54 Å². The Labute approximate surface area is 127 Å². The molecule has 0 heterocycles. The van der Waals surface area contributed by atoms with Gasteiger partial charge in [0.2, 0.25) is 5.91 Å². The normalized spacial score (nSPS) is 12.1. The molecule has 0 spiro atoms. The summed E-state index contributed by atoms with van der Waals surface area (Å²) in [5, 5.41) is 2.67. The van der Waals surface area contributed by atoms with Gasteiger partial charge in [-0.2, -0.15) is 13.2 Å². The number of hydrogen-bond acceptors (Lipinski definition) is 3. The van der Waals surface area contributed by atoms with Gasteiger partial charge >= 0.3 is 15.5 Å². The third-order valence-electron chi connectivity index (χ3n) is 2.76. The van der Waals surface area contributed by atoms with Crippen LogP contribution in [0, 0.1) is 0 Å². The van der Waals surface area contributed by atoms with Crippen LogP contribution in [0.15, 0.2) is 30.3 Å². The Hall–Kier alpha value is -1.61. The number of alkyl halides is 3. The van der Waals surface area contributed by atoms with Crippen molar-refractivity contribution in [1.82, 2.24) is 10.0 Å². The number of carbonyl (C=O) groups is 1. The summed E-state index contributed by atoms with van der Waals surface area (Å²) in [7, 11) is -5.30. The zero-order valence-corrected chi connectivity index (χ0v) is 12.5. The molecule has 0 atom stereocenters. The van der Waals surface area contributed by atoms with E-state index in [1.165, 1.54) is 4.72 Å². The summed E-state index contributed by atoms with van der Waals surface area (Å²) in [5.74, 6) is -0.234. The van der Waals surface area contributed by atoms with Gasteiger partial charge in [-0.3, -0.25) is 4.79 Å². The molecule has 0 aliphatic carbocycles. The number of benzene rings is 1. The highest BCUT2D eigenvalue weighted by atomic mass is 32.2. The number of nitrogens with one attached hydrogen (secondary N) is 2. The fraction of sp³-hybridized carbons (Fsp3) is 0.462. The molecule has 124 valence electrons. The van der Waals surface area contributed by atoms with Crippen LogP contribution in [0.1, 0.15) is 24.8 Å². The third-order valence-corrected chi connectivity index (χ3v) is 3.95. The van der Waals surface area contributed by atoms with Gasteiger partial charge < -0.3 is 5.32 Å². The number of carbonyl (C=O) groups excluding carboxylic acids is 1. The number of sulfonamides is 1. The number of rotatable bonds is 8. The van der Waals surface area contributed by atoms with Crippen LogP contribution in [0.5, 0.6) is 0 Å². The van der Waals surface area contributed by atoms with Crippen LogP contribution < -0.4 is 10.0 Å². The van der Waals surface area contributed by atoms with E-state index in [0.29, 0.717) is 13.0 Å². The molecular weight excluding hydrogens is 321 g/mol. The van der Waals surface area contributed by atoms with Crippen LogP contribution in [0.2, 0.25) is 0 Å². The van der Waals surface area contributed by atoms with E-state index in [-0.39, 0.29) is 25.3 Å². The molecule has 9 heteroatoms. The predicted molar refractivity (Wildman–Crippen MR) is 75.1 cm³/mol. The molecule has 5 nitrogen and oxygen atoms in total. The van der Waals surface area contributed by atoms with E-state index in [9.17, 15) is 26.4 Å². The highest BCUT2D eigenvalue weighted by Crippen LogP contribution is 2.21. The summed E-state index contributed by atoms with van der Waals surface area (Å²) in [5.41, 5.74) is -4.37. The molecule has 0 aliphatic heterocycles. The fourth-order valence-electron chi connectivity index (χ4n) is 1.58. The van der Waals surface area contributed by atoms with Crippen molar-refractivity contribution >= 4 is 15.9 Å². The molecule has 0 unspecified atom stereocenters. The summed E-state index contributed by atoms with van der Waals surface area (Å²) in [6.45, 7) is 0.0220. The first-order valence-corrected chi connectivity index (χ1v) is 8.07. The minimum absolute atomic E-state index is 0.126. The van der Waals surface area contributed by atoms with Crippen molar-refractivity contribution in [3.8, 4) is 0 Å². The Morgan fingerprint density at radius 1 is 1.09 bits per heavy atom. The minimum Gasteiger partial charge on any atom is -0.352 e. The molecule has 0 saturated heterocycles. The van der Waals surface area contributed by atoms with E-state index < -0.39 is 15.5 Å². The van der Waals surface area contributed by atoms with Gasteiger partial charge in [0, 0.05) is 19.5 Å². The molecule has 0 fully saturated rings. The summed E-state index contributed by atoms with van der Waals surface area (Å²) in [6, 6.07) is 9.24. The molecule has 1 aromatic rings. The molecule has 0 aliphatic rings. The molecule has 0 bridgehead atoms. The van der Waals surface area contributed by atoms with Gasteiger partial charge in [0.1, 0.15) is 0 Å². The highest BCUT2D eigenvalue weighted by Gasteiger charge is 2.45. The first-order chi connectivity index (χ1) is 10.2. The Balaban J connectivity index is 2.16. The van der Waals surface area contributed by atoms with Crippen LogP contribution in [0.3, 0.4) is 0 Å². The molecule has 1 rings (SSSR count). The number of hydrogen-bond donors (Lipinski definition) is 2. The van der Waals surface area contributed by atoms with Crippen molar-refractivity contribution in [2.45, 2.75) is 31.3 Å². The lowest BCUT2D eigenvalue weighted by Crippen LogP contribution is -2.37. The zero-order chi connectivity index (χ0) is 16.6. The molecule has 0 aromatic heterocycles. The molecule has 1 aromatic carbocycles. The SMILES string of the molecule is O=C(CCCCNS(=O)(=O)C(F)(F)F)NCc1ccccc1. The van der Waals surface area contributed by atoms with Crippen molar-refractivity contribution in [1.29, 1.82) is 0 Å². The first kappa shape index (κ1) is 18.4. The van der Waals surface area contributed by atoms with Gasteiger partial charge in [-0.1, -0.05) is 30.3 Å². The van der Waals surface area contributed by atoms with Crippen LogP contribution in [-0.2, 0) is 21.4 Å². The van der Waals surface area contributed by atoms with Gasteiger partial charge in [-0.05, 0) is 18.4 Å². The standard InChI is InChI=1S/C13H17F3N2O3S/c14-13(15,16)22(20,21)18-9-5-4-8-12(19)17-10-11-6-2-1-3-7-11/h1-3,6-7,18H,4-5,8-10H2,(H,17,19). The Kier molecular flexibility index (Phi) is 6.82. The summed E-state index contributed by atoms with van der Waals surface area (Å²) < 4.78 is 58.9. The topological polar surface area (TPSA) is 75.3 Å². The number of unbranched alkanes of at least 4 members (excludes halogenated alkanes) is 1. The molecular formula is C13H17F3N2O3S. The summed E-state index contributed by atoms with van der Waals surface area (Å²) in [4.78, 5) is 11.5. The second-order valence-electron chi connectivity index (χ2n) is 4.56. The molecule has 22 heavy (non-hydrogen) atoms. The smallest absolute Gasteiger partial charge is 0.352 e. The van der Waals surface area contributed by atoms with Gasteiger partial charge in [0.15, 0.2) is 0 Å². The maximum absolute atomic E-state index is 12.0. The van der Waals surface area contributed by atoms with E-state index in [1.54, 1.807) is 0 Å². The highest BCUT2D eigenvalue weighted by molar-refractivity contribution is 7.90. The molecule has 2 N–H and O–H groups in total. The molecule has 1 amide bonds. The summed E-state index contributed by atoms with van der Waals surface area (Å²) in [6.07, 6.45) is 0.565. The monoisotopic (exact) mass is 338 g/mol. The van der Waals surface area contributed by atoms with E-state index in [1.807, 2.05) is 30.3 Å². The van der Waals surface area contributed by atoms with Gasteiger partial charge in [0.25, 0.3) is 0 Å². The second kappa shape index (κ2) is 8.14. The van der Waals surface area contributed by atoms with Crippen LogP contribution in [-0.4, -0.2) is 26.4 Å². The summed E-state index contributed by atoms with van der Waals surface area (Å²) >= 11 is 0. The van der Waals surface area contributed by atoms with Gasteiger partial charge in [-0.15, -0.1) is 0 Å². The van der Waals surface area contributed by atoms with Crippen molar-refractivity contribution in [3.63, 3.8) is 0 Å². The van der Waals surface area contributed by atoms with E-state index in [2.05, 4.69) is 5.32 Å². The van der Waals surface area contributed by atoms with Crippen LogP contribution in [0.4, 0.5) is 13.2 Å². The number of amides is 1. The third kappa shape index (κ3) is 6.44. The lowest BCUT2D eigenvalue weighted by molar-refractivity contribution is -0.121. The van der Waals surface area contributed by atoms with Crippen molar-refractivity contribution in [3.05, 3.63) is 35.9 Å². The van der Waals surface area contributed by atoms with Crippen LogP contribution >= 0.6 is 0 Å². The maximum atomic E-state index is 12.0. The van der Waals surface area contributed by atoms with E-state index in [4.69, 9.17) is 0 Å². The van der Waals surface area contributed by atoms with E-state index in [0.717, 1.165) is 5.56 Å². The Bertz CT molecular complexity index is 574. The lowest BCUT2D eigenvalue weighted by atomic mass is 10.2. The Morgan fingerprint density at radius 2 is 1.73 bits per heavy atom. The largest absolute Gasteiger partial charge is 0.511 e. The average molecular weight is 338 g/mol. The van der Waals surface area contributed by atoms with E-state index >= 15 is 0 Å². The maximum Gasteiger partial charge on any atom is 0.511 e. The predicted octanol–water partition coefficient (Wildman–Crippen LogP) is 1.91. The minimum atomic E-state index is -5.31. The second-order valence-corrected chi connectivity index (χ2v) is 6.32. The quantitative estimate of drug-likeness (QED) is 0.711. The van der Waals surface area contributed by atoms with Gasteiger partial charge in [-0.25, -0.2) is 13.1 Å². The van der Waals surface area contributed by atoms with Crippen LogP contribution in [0.25, 0.3) is 0 Å². The zero-order valence-electron chi connectivity index (χ0n) is 11.7. The molecule has 0 saturated carbocycles. The average Bonchev–Trinajstić information content (AvgIpc) is 2.44. The van der Waals surface area contributed by atoms with Crippen molar-refractivity contribution < 1.29 is 26.4 Å². The van der Waals surface area contributed by atoms with Gasteiger partial charge in [0.05, 0.1) is 0 Å². The Morgan fingerprint density at radius 3 is 2.32 bits per heavy atom. The molecule has 0 radical (unpaired) electrons. The van der Waals surface area contributed by atoms with Crippen molar-refractivity contribution in [2.24, 2.45) is 0 Å². The lowest BCUT2D eigenvalue weighted by Gasteiger charge is -2.09. The number of halogens is 3.